The van der Waals surface area contributed by atoms with Gasteiger partial charge in [0, 0.05) is 28.1 Å². The summed E-state index contributed by atoms with van der Waals surface area (Å²) in [5.74, 6) is 0.867. The average Bonchev–Trinajstić information content (AvgIpc) is 3.51. The number of hydrogen-bond acceptors (Lipinski definition) is 5. The van der Waals surface area contributed by atoms with Crippen LogP contribution in [0, 0.1) is 6.92 Å². The Kier molecular flexibility index (Phi) is 7.34. The molecule has 258 valence electrons. The van der Waals surface area contributed by atoms with Crippen molar-refractivity contribution in [3.8, 4) is 33.8 Å². The highest BCUT2D eigenvalue weighted by Gasteiger charge is 2.55. The highest BCUT2D eigenvalue weighted by atomic mass is 16.6. The van der Waals surface area contributed by atoms with Gasteiger partial charge in [-0.1, -0.05) is 140 Å². The number of esters is 1. The fraction of sp³-hybridized carbons (Fsp3) is 0.0408. The third kappa shape index (κ3) is 4.90. The van der Waals surface area contributed by atoms with Gasteiger partial charge in [-0.3, -0.25) is 0 Å². The van der Waals surface area contributed by atoms with Crippen molar-refractivity contribution in [2.75, 3.05) is 10.6 Å². The molecule has 0 radical (unpaired) electrons. The van der Waals surface area contributed by atoms with E-state index < -0.39 is 5.60 Å². The van der Waals surface area contributed by atoms with Gasteiger partial charge >= 0.3 is 5.97 Å². The molecule has 0 aliphatic carbocycles. The highest BCUT2D eigenvalue weighted by molar-refractivity contribution is 6.05. The minimum atomic E-state index is -1.29. The summed E-state index contributed by atoms with van der Waals surface area (Å²) >= 11 is 0. The van der Waals surface area contributed by atoms with Crippen LogP contribution in [0.15, 0.2) is 176 Å². The van der Waals surface area contributed by atoms with Gasteiger partial charge in [0.1, 0.15) is 11.5 Å². The van der Waals surface area contributed by atoms with Crippen molar-refractivity contribution in [1.29, 1.82) is 0 Å². The van der Waals surface area contributed by atoms with E-state index in [0.717, 1.165) is 72.5 Å². The zero-order chi connectivity index (χ0) is 36.2. The Hall–Kier alpha value is -7.11. The van der Waals surface area contributed by atoms with Gasteiger partial charge in [-0.25, -0.2) is 4.79 Å². The van der Waals surface area contributed by atoms with Crippen molar-refractivity contribution < 1.29 is 14.3 Å². The van der Waals surface area contributed by atoms with Crippen LogP contribution in [0.25, 0.3) is 33.0 Å². The predicted octanol–water partition coefficient (Wildman–Crippen LogP) is 12.5. The first-order valence-corrected chi connectivity index (χ1v) is 18.1. The van der Waals surface area contributed by atoms with E-state index in [1.54, 1.807) is 0 Å². The lowest BCUT2D eigenvalue weighted by molar-refractivity contribution is 0.0227. The second-order valence-corrected chi connectivity index (χ2v) is 13.7. The smallest absolute Gasteiger partial charge is 0.340 e. The summed E-state index contributed by atoms with van der Waals surface area (Å²) in [6.45, 7) is 2.14. The molecule has 8 aromatic carbocycles. The molecule has 2 heterocycles. The zero-order valence-corrected chi connectivity index (χ0v) is 29.5. The number of hydrogen-bond donors (Lipinski definition) is 2. The number of carbonyl (C=O) groups is 1. The van der Waals surface area contributed by atoms with Crippen LogP contribution in [-0.4, -0.2) is 5.97 Å². The fourth-order valence-electron chi connectivity index (χ4n) is 8.23. The van der Waals surface area contributed by atoms with E-state index in [1.807, 2.05) is 72.8 Å². The second kappa shape index (κ2) is 12.5. The maximum Gasteiger partial charge on any atom is 0.340 e. The van der Waals surface area contributed by atoms with E-state index in [-0.39, 0.29) is 5.97 Å². The van der Waals surface area contributed by atoms with Crippen LogP contribution in [0.1, 0.15) is 32.6 Å². The van der Waals surface area contributed by atoms with Crippen LogP contribution in [0.4, 0.5) is 22.7 Å². The van der Waals surface area contributed by atoms with E-state index in [0.29, 0.717) is 22.6 Å². The number of benzene rings is 8. The minimum absolute atomic E-state index is 0.375. The lowest BCUT2D eigenvalue weighted by Gasteiger charge is -2.38. The number of anilines is 4. The van der Waals surface area contributed by atoms with Crippen LogP contribution < -0.4 is 15.4 Å². The quantitative estimate of drug-likeness (QED) is 0.169. The summed E-state index contributed by atoms with van der Waals surface area (Å²) in [6, 6.07) is 59.5. The average molecular weight is 699 g/mol. The summed E-state index contributed by atoms with van der Waals surface area (Å²) in [6.07, 6.45) is 0. The first kappa shape index (κ1) is 31.6. The first-order valence-electron chi connectivity index (χ1n) is 18.1. The molecule has 1 spiro atoms. The second-order valence-electron chi connectivity index (χ2n) is 13.7. The van der Waals surface area contributed by atoms with Crippen LogP contribution in [-0.2, 0) is 10.3 Å². The fourth-order valence-corrected chi connectivity index (χ4v) is 8.23. The molecule has 5 nitrogen and oxygen atoms in total. The van der Waals surface area contributed by atoms with Gasteiger partial charge in [0.05, 0.1) is 22.5 Å². The first-order chi connectivity index (χ1) is 26.6. The third-order valence-electron chi connectivity index (χ3n) is 10.7. The Labute approximate surface area is 313 Å². The molecule has 0 saturated carbocycles. The zero-order valence-electron chi connectivity index (χ0n) is 29.5. The molecule has 5 heteroatoms. The van der Waals surface area contributed by atoms with Crippen LogP contribution in [0.5, 0.6) is 11.5 Å². The number of para-hydroxylation sites is 1. The molecule has 10 rings (SSSR count). The van der Waals surface area contributed by atoms with Crippen LogP contribution >= 0.6 is 0 Å². The SMILES string of the molecule is Cc1c(Nc2ccc3c(c2Nc2ccc4ccccc4c2-c2ccccc2)C2(OC(=O)c4ccccc42)c2ccccc2O3)cccc1-c1ccccc1. The molecule has 0 saturated heterocycles. The molecular formula is C49H34N2O3. The molecule has 1 unspecified atom stereocenters. The predicted molar refractivity (Wildman–Crippen MR) is 217 cm³/mol. The van der Waals surface area contributed by atoms with Gasteiger partial charge in [-0.05, 0) is 76.3 Å². The number of carbonyl (C=O) groups excluding carboxylic acids is 1. The monoisotopic (exact) mass is 698 g/mol. The third-order valence-corrected chi connectivity index (χ3v) is 10.7. The Morgan fingerprint density at radius 3 is 2.00 bits per heavy atom. The van der Waals surface area contributed by atoms with Crippen molar-refractivity contribution in [3.05, 3.63) is 204 Å². The Bertz CT molecular complexity index is 2760. The summed E-state index contributed by atoms with van der Waals surface area (Å²) in [4.78, 5) is 13.9. The molecular weight excluding hydrogens is 665 g/mol. The van der Waals surface area contributed by atoms with Crippen LogP contribution in [0.2, 0.25) is 0 Å². The van der Waals surface area contributed by atoms with E-state index in [4.69, 9.17) is 9.47 Å². The summed E-state index contributed by atoms with van der Waals surface area (Å²) in [5.41, 5.74) is 10.4. The maximum atomic E-state index is 13.9. The molecule has 54 heavy (non-hydrogen) atoms. The molecule has 0 fully saturated rings. The Morgan fingerprint density at radius 2 is 1.17 bits per heavy atom. The molecule has 0 amide bonds. The van der Waals surface area contributed by atoms with E-state index in [9.17, 15) is 4.79 Å². The van der Waals surface area contributed by atoms with Gasteiger partial charge < -0.3 is 20.1 Å². The van der Waals surface area contributed by atoms with Crippen molar-refractivity contribution in [1.82, 2.24) is 0 Å². The summed E-state index contributed by atoms with van der Waals surface area (Å²) in [5, 5.41) is 10.0. The molecule has 1 atom stereocenters. The lowest BCUT2D eigenvalue weighted by Crippen LogP contribution is -2.34. The molecule has 2 N–H and O–H groups in total. The lowest BCUT2D eigenvalue weighted by atomic mass is 9.76. The topological polar surface area (TPSA) is 59.6 Å². The molecule has 0 aromatic heterocycles. The minimum Gasteiger partial charge on any atom is -0.456 e. The van der Waals surface area contributed by atoms with Crippen molar-refractivity contribution in [3.63, 3.8) is 0 Å². The normalized spacial score (nSPS) is 15.2. The standard InChI is InChI=1S/C49H34N2O3/c1-31-35(32-15-4-2-5-16-32)22-14-25-40(31)50-42-29-30-44-46(49(39-24-12-13-26-43(39)53-44)38-23-11-10-21-37(38)48(52)54-49)47(42)51-41-28-27-33-17-8-9-20-36(33)45(41)34-18-6-3-7-19-34/h2-30,50-51H,1H3. The molecule has 0 bridgehead atoms. The largest absolute Gasteiger partial charge is 0.456 e. The number of ether oxygens (including phenoxy) is 2. The maximum absolute atomic E-state index is 13.9. The number of nitrogens with one attached hydrogen (secondary N) is 2. The summed E-state index contributed by atoms with van der Waals surface area (Å²) < 4.78 is 13.4. The highest BCUT2D eigenvalue weighted by Crippen LogP contribution is 2.60. The van der Waals surface area contributed by atoms with Gasteiger partial charge in [0.25, 0.3) is 0 Å². The van der Waals surface area contributed by atoms with E-state index in [1.165, 1.54) is 0 Å². The Morgan fingerprint density at radius 1 is 0.500 bits per heavy atom. The van der Waals surface area contributed by atoms with Gasteiger partial charge in [0.15, 0.2) is 5.60 Å². The molecule has 8 aromatic rings. The van der Waals surface area contributed by atoms with Gasteiger partial charge in [-0.15, -0.1) is 0 Å². The van der Waals surface area contributed by atoms with Crippen LogP contribution in [0.3, 0.4) is 0 Å². The molecule has 2 aliphatic rings. The van der Waals surface area contributed by atoms with Gasteiger partial charge in [-0.2, -0.15) is 0 Å². The Balaban J connectivity index is 1.25. The van der Waals surface area contributed by atoms with Crippen molar-refractivity contribution >= 4 is 39.5 Å². The number of rotatable bonds is 6. The van der Waals surface area contributed by atoms with E-state index in [2.05, 4.69) is 121 Å². The van der Waals surface area contributed by atoms with Crippen molar-refractivity contribution in [2.45, 2.75) is 12.5 Å². The van der Waals surface area contributed by atoms with Gasteiger partial charge in [0.2, 0.25) is 0 Å². The van der Waals surface area contributed by atoms with Crippen molar-refractivity contribution in [2.24, 2.45) is 0 Å². The molecule has 2 aliphatic heterocycles. The summed E-state index contributed by atoms with van der Waals surface area (Å²) in [7, 11) is 0. The number of fused-ring (bicyclic) bond motifs is 7. The van der Waals surface area contributed by atoms with E-state index >= 15 is 0 Å².